The van der Waals surface area contributed by atoms with Crippen LogP contribution in [0.3, 0.4) is 0 Å². The lowest BCUT2D eigenvalue weighted by molar-refractivity contribution is -0.112. The summed E-state index contributed by atoms with van der Waals surface area (Å²) in [4.78, 5) is 26.6. The van der Waals surface area contributed by atoms with E-state index < -0.39 is 16.9 Å². The molecule has 0 aliphatic carbocycles. The molecule has 0 spiro atoms. The molecule has 2 N–H and O–H groups in total. The Labute approximate surface area is 71.2 Å². The van der Waals surface area contributed by atoms with Crippen molar-refractivity contribution in [1.29, 1.82) is 0 Å². The van der Waals surface area contributed by atoms with Gasteiger partial charge in [-0.25, -0.2) is 0 Å². The van der Waals surface area contributed by atoms with Gasteiger partial charge in [0.05, 0.1) is 0 Å². The molecule has 0 aliphatic rings. The first-order chi connectivity index (χ1) is 4.15. The average molecular weight is 227 g/mol. The Bertz CT molecular complexity index is 189. The maximum atomic E-state index is 10.3. The summed E-state index contributed by atoms with van der Waals surface area (Å²) in [5, 5.41) is 0. The Morgan fingerprint density at radius 2 is 1.60 bits per heavy atom. The van der Waals surface area contributed by atoms with Crippen molar-refractivity contribution in [3.63, 3.8) is 0 Å². The van der Waals surface area contributed by atoms with Crippen molar-refractivity contribution in [2.24, 2.45) is 0 Å². The molecular formula is C2H2Cl3O4P. The summed E-state index contributed by atoms with van der Waals surface area (Å²) in [6, 6.07) is 0. The monoisotopic (exact) mass is 226 g/mol. The number of rotatable bonds is 1. The first kappa shape index (κ1) is 10.7. The number of carbonyl (C=O) groups is 1. The third-order valence-electron chi connectivity index (χ3n) is 0.507. The van der Waals surface area contributed by atoms with Gasteiger partial charge in [-0.2, -0.15) is 0 Å². The number of hydrogen-bond donors (Lipinski definition) is 2. The normalized spacial score (nSPS) is 13.3. The molecule has 0 aromatic rings. The summed E-state index contributed by atoms with van der Waals surface area (Å²) in [6.45, 7) is 0. The molecule has 0 unspecified atom stereocenters. The van der Waals surface area contributed by atoms with E-state index >= 15 is 0 Å². The summed E-state index contributed by atoms with van der Waals surface area (Å²) in [7, 11) is -4.91. The SMILES string of the molecule is O=C(C(Cl)(Cl)Cl)P(=O)(O)O. The van der Waals surface area contributed by atoms with Crippen molar-refractivity contribution >= 4 is 47.9 Å². The second kappa shape index (κ2) is 2.97. The topological polar surface area (TPSA) is 74.6 Å². The van der Waals surface area contributed by atoms with E-state index in [2.05, 4.69) is 0 Å². The zero-order valence-corrected chi connectivity index (χ0v) is 7.45. The van der Waals surface area contributed by atoms with Gasteiger partial charge in [-0.3, -0.25) is 9.36 Å². The zero-order chi connectivity index (χ0) is 8.58. The molecule has 0 fully saturated rings. The van der Waals surface area contributed by atoms with Crippen molar-refractivity contribution < 1.29 is 19.1 Å². The minimum absolute atomic E-state index is 1.72. The molecule has 0 amide bonds. The molecular weight excluding hydrogens is 225 g/mol. The highest BCUT2D eigenvalue weighted by atomic mass is 35.6. The summed E-state index contributed by atoms with van der Waals surface area (Å²) < 4.78 is 7.53. The molecule has 0 saturated carbocycles. The highest BCUT2D eigenvalue weighted by molar-refractivity contribution is 7.71. The van der Waals surface area contributed by atoms with Gasteiger partial charge in [0, 0.05) is 0 Å². The first-order valence-corrected chi connectivity index (χ1v) is 4.57. The lowest BCUT2D eigenvalue weighted by atomic mass is 10.9. The number of carbonyl (C=O) groups excluding carboxylic acids is 1. The van der Waals surface area contributed by atoms with E-state index in [1.807, 2.05) is 0 Å². The van der Waals surface area contributed by atoms with E-state index in [-0.39, 0.29) is 0 Å². The van der Waals surface area contributed by atoms with Crippen LogP contribution in [0.2, 0.25) is 0 Å². The zero-order valence-electron chi connectivity index (χ0n) is 4.29. The molecule has 4 nitrogen and oxygen atoms in total. The lowest BCUT2D eigenvalue weighted by Crippen LogP contribution is -2.18. The highest BCUT2D eigenvalue weighted by Crippen LogP contribution is 2.46. The predicted molar refractivity (Wildman–Crippen MR) is 37.3 cm³/mol. The molecule has 0 radical (unpaired) electrons. The lowest BCUT2D eigenvalue weighted by Gasteiger charge is -2.08. The third kappa shape index (κ3) is 3.19. The fraction of sp³-hybridized carbons (Fsp3) is 0.500. The van der Waals surface area contributed by atoms with E-state index in [0.717, 1.165) is 0 Å². The molecule has 0 aliphatic heterocycles. The molecule has 8 heteroatoms. The maximum Gasteiger partial charge on any atom is 0.396 e. The summed E-state index contributed by atoms with van der Waals surface area (Å²) in [5.74, 6) is 0. The molecule has 0 heterocycles. The second-order valence-electron chi connectivity index (χ2n) is 1.35. The minimum atomic E-state index is -4.91. The molecule has 0 aromatic heterocycles. The minimum Gasteiger partial charge on any atom is -0.319 e. The van der Waals surface area contributed by atoms with Crippen LogP contribution in [-0.2, 0) is 9.36 Å². The van der Waals surface area contributed by atoms with Gasteiger partial charge >= 0.3 is 7.60 Å². The van der Waals surface area contributed by atoms with E-state index in [0.29, 0.717) is 0 Å². The molecule has 0 rings (SSSR count). The largest absolute Gasteiger partial charge is 0.396 e. The van der Waals surface area contributed by atoms with Gasteiger partial charge in [0.1, 0.15) is 0 Å². The Kier molecular flexibility index (Phi) is 3.18. The van der Waals surface area contributed by atoms with Crippen molar-refractivity contribution in [1.82, 2.24) is 0 Å². The molecule has 0 atom stereocenters. The van der Waals surface area contributed by atoms with Crippen molar-refractivity contribution in [2.45, 2.75) is 3.79 Å². The summed E-state index contributed by atoms with van der Waals surface area (Å²) >= 11 is 14.6. The molecule has 0 saturated heterocycles. The number of hydrogen-bond acceptors (Lipinski definition) is 2. The maximum absolute atomic E-state index is 10.3. The van der Waals surface area contributed by atoms with Crippen LogP contribution in [0.1, 0.15) is 0 Å². The molecule has 0 aromatic carbocycles. The first-order valence-electron chi connectivity index (χ1n) is 1.83. The van der Waals surface area contributed by atoms with Crippen molar-refractivity contribution in [3.05, 3.63) is 0 Å². The van der Waals surface area contributed by atoms with Crippen LogP contribution in [0.15, 0.2) is 0 Å². The van der Waals surface area contributed by atoms with Crippen LogP contribution < -0.4 is 0 Å². The van der Waals surface area contributed by atoms with Gasteiger partial charge in [0.15, 0.2) is 0 Å². The Hall–Kier alpha value is 0.690. The fourth-order valence-corrected chi connectivity index (χ4v) is 1.49. The molecule has 60 valence electrons. The Morgan fingerprint density at radius 1 is 1.30 bits per heavy atom. The fourth-order valence-electron chi connectivity index (χ4n) is 0.165. The van der Waals surface area contributed by atoms with Crippen LogP contribution in [0.4, 0.5) is 0 Å². The van der Waals surface area contributed by atoms with E-state index in [1.165, 1.54) is 0 Å². The smallest absolute Gasteiger partial charge is 0.319 e. The number of halogens is 3. The molecule has 10 heavy (non-hydrogen) atoms. The summed E-state index contributed by atoms with van der Waals surface area (Å²) in [6.07, 6.45) is 0. The van der Waals surface area contributed by atoms with E-state index in [1.54, 1.807) is 0 Å². The standard InChI is InChI=1S/C2H2Cl3O4P/c3-2(4,5)1(6)10(7,8)9/h(H2,7,8,9). The van der Waals surface area contributed by atoms with Crippen molar-refractivity contribution in [2.75, 3.05) is 0 Å². The van der Waals surface area contributed by atoms with Crippen LogP contribution in [0.25, 0.3) is 0 Å². The van der Waals surface area contributed by atoms with Crippen LogP contribution in [0.5, 0.6) is 0 Å². The van der Waals surface area contributed by atoms with Crippen molar-refractivity contribution in [3.8, 4) is 0 Å². The quantitative estimate of drug-likeness (QED) is 0.519. The third-order valence-corrected chi connectivity index (χ3v) is 2.28. The molecule has 0 bridgehead atoms. The average Bonchev–Trinajstić information content (AvgIpc) is 1.59. The Balaban J connectivity index is 4.57. The van der Waals surface area contributed by atoms with Crippen LogP contribution in [-0.4, -0.2) is 19.1 Å². The highest BCUT2D eigenvalue weighted by Gasteiger charge is 2.43. The second-order valence-corrected chi connectivity index (χ2v) is 5.12. The van der Waals surface area contributed by atoms with Crippen LogP contribution in [0, 0.1) is 0 Å². The van der Waals surface area contributed by atoms with Gasteiger partial charge in [-0.15, -0.1) is 0 Å². The van der Waals surface area contributed by atoms with Gasteiger partial charge in [0.2, 0.25) is 0 Å². The van der Waals surface area contributed by atoms with E-state index in [4.69, 9.17) is 44.6 Å². The Morgan fingerprint density at radius 3 is 1.60 bits per heavy atom. The van der Waals surface area contributed by atoms with Gasteiger partial charge in [0.25, 0.3) is 9.32 Å². The predicted octanol–water partition coefficient (Wildman–Crippen LogP) is 1.06. The van der Waals surface area contributed by atoms with Crippen LogP contribution >= 0.6 is 42.4 Å². The van der Waals surface area contributed by atoms with E-state index in [9.17, 15) is 9.36 Å². The summed E-state index contributed by atoms with van der Waals surface area (Å²) in [5.41, 5.74) is -1.72. The number of alkyl halides is 3. The van der Waals surface area contributed by atoms with Gasteiger partial charge in [-0.1, -0.05) is 34.8 Å². The van der Waals surface area contributed by atoms with Gasteiger partial charge < -0.3 is 9.79 Å². The van der Waals surface area contributed by atoms with Gasteiger partial charge in [-0.05, 0) is 0 Å².